The summed E-state index contributed by atoms with van der Waals surface area (Å²) < 4.78 is 5.55. The van der Waals surface area contributed by atoms with E-state index >= 15 is 0 Å². The molecule has 1 amide bonds. The number of aromatic nitrogens is 2. The van der Waals surface area contributed by atoms with E-state index in [1.165, 1.54) is 11.1 Å². The number of nitrogens with one attached hydrogen (secondary N) is 2. The van der Waals surface area contributed by atoms with Crippen molar-refractivity contribution in [3.8, 4) is 5.75 Å². The molecule has 5 nitrogen and oxygen atoms in total. The number of imidazole rings is 1. The molecule has 0 saturated heterocycles. The highest BCUT2D eigenvalue weighted by atomic mass is 32.2. The van der Waals surface area contributed by atoms with E-state index in [1.54, 1.807) is 11.8 Å². The molecule has 0 radical (unpaired) electrons. The molecule has 146 valence electrons. The van der Waals surface area contributed by atoms with Crippen LogP contribution in [0.3, 0.4) is 0 Å². The zero-order valence-corrected chi connectivity index (χ0v) is 16.8. The molecule has 2 N–H and O–H groups in total. The summed E-state index contributed by atoms with van der Waals surface area (Å²) in [6.07, 6.45) is 5.08. The van der Waals surface area contributed by atoms with Crippen LogP contribution >= 0.6 is 11.8 Å². The summed E-state index contributed by atoms with van der Waals surface area (Å²) in [6, 6.07) is 14.1. The van der Waals surface area contributed by atoms with Crippen molar-refractivity contribution >= 4 is 28.7 Å². The summed E-state index contributed by atoms with van der Waals surface area (Å²) in [5, 5.41) is 3.18. The number of para-hydroxylation sites is 2. The number of carbonyl (C=O) groups is 1. The van der Waals surface area contributed by atoms with Crippen molar-refractivity contribution in [3.63, 3.8) is 0 Å². The molecule has 1 atom stereocenters. The summed E-state index contributed by atoms with van der Waals surface area (Å²) in [4.78, 5) is 20.7. The smallest absolute Gasteiger partial charge is 0.220 e. The Bertz CT molecular complexity index is 936. The Morgan fingerprint density at radius 1 is 1.32 bits per heavy atom. The van der Waals surface area contributed by atoms with Crippen LogP contribution in [0.4, 0.5) is 0 Å². The Morgan fingerprint density at radius 3 is 3.07 bits per heavy atom. The van der Waals surface area contributed by atoms with Gasteiger partial charge in [-0.3, -0.25) is 4.79 Å². The predicted octanol–water partition coefficient (Wildman–Crippen LogP) is 4.04. The fraction of sp³-hybridized carbons (Fsp3) is 0.364. The molecule has 1 aliphatic rings. The van der Waals surface area contributed by atoms with Gasteiger partial charge in [-0.15, -0.1) is 0 Å². The average molecular weight is 396 g/mol. The molecule has 2 aromatic carbocycles. The summed E-state index contributed by atoms with van der Waals surface area (Å²) in [6.45, 7) is 0.758. The quantitative estimate of drug-likeness (QED) is 0.604. The Kier molecular flexibility index (Phi) is 5.86. The molecule has 0 spiro atoms. The van der Waals surface area contributed by atoms with Gasteiger partial charge in [0.2, 0.25) is 5.91 Å². The standard InChI is InChI=1S/C22H25N3O2S/c1-28-13-11-19(22-24-17-4-2-3-5-18(17)25-22)23-21(26)9-7-15-6-8-20-16(14-15)10-12-27-20/h2-6,8,14,19H,7,9-13H2,1H3,(H,23,26)(H,24,25)/t19-/m0/s1. The zero-order chi connectivity index (χ0) is 19.3. The zero-order valence-electron chi connectivity index (χ0n) is 16.0. The molecular weight excluding hydrogens is 370 g/mol. The van der Waals surface area contributed by atoms with Crippen LogP contribution in [0.15, 0.2) is 42.5 Å². The van der Waals surface area contributed by atoms with Crippen LogP contribution in [0.25, 0.3) is 11.0 Å². The fourth-order valence-electron chi connectivity index (χ4n) is 3.57. The molecule has 1 aliphatic heterocycles. The van der Waals surface area contributed by atoms with Crippen LogP contribution in [-0.2, 0) is 17.6 Å². The Morgan fingerprint density at radius 2 is 2.21 bits per heavy atom. The van der Waals surface area contributed by atoms with Gasteiger partial charge in [-0.05, 0) is 54.2 Å². The van der Waals surface area contributed by atoms with Crippen molar-refractivity contribution in [2.75, 3.05) is 18.6 Å². The minimum Gasteiger partial charge on any atom is -0.493 e. The van der Waals surface area contributed by atoms with Crippen molar-refractivity contribution in [2.45, 2.75) is 31.7 Å². The topological polar surface area (TPSA) is 67.0 Å². The number of ether oxygens (including phenoxy) is 1. The summed E-state index contributed by atoms with van der Waals surface area (Å²) in [7, 11) is 0. The number of carbonyl (C=O) groups excluding carboxylic acids is 1. The molecule has 0 bridgehead atoms. The molecule has 6 heteroatoms. The van der Waals surface area contributed by atoms with Gasteiger partial charge >= 0.3 is 0 Å². The number of nitrogens with zero attached hydrogens (tertiary/aromatic N) is 1. The van der Waals surface area contributed by atoms with E-state index in [2.05, 4.69) is 33.7 Å². The SMILES string of the molecule is CSCC[C@H](NC(=O)CCc1ccc2c(c1)CCO2)c1nc2ccccc2[nH]1. The lowest BCUT2D eigenvalue weighted by molar-refractivity contribution is -0.121. The van der Waals surface area contributed by atoms with Crippen LogP contribution in [0.2, 0.25) is 0 Å². The van der Waals surface area contributed by atoms with E-state index in [1.807, 2.05) is 30.3 Å². The Labute approximate surface area is 169 Å². The molecular formula is C22H25N3O2S. The molecule has 0 saturated carbocycles. The number of thioether (sulfide) groups is 1. The van der Waals surface area contributed by atoms with Gasteiger partial charge in [0.25, 0.3) is 0 Å². The van der Waals surface area contributed by atoms with Gasteiger partial charge in [-0.2, -0.15) is 11.8 Å². The predicted molar refractivity (Wildman–Crippen MR) is 114 cm³/mol. The highest BCUT2D eigenvalue weighted by Gasteiger charge is 2.18. The first kappa shape index (κ1) is 18.9. The highest BCUT2D eigenvalue weighted by Crippen LogP contribution is 2.26. The van der Waals surface area contributed by atoms with Crippen LogP contribution in [0.5, 0.6) is 5.75 Å². The van der Waals surface area contributed by atoms with Crippen molar-refractivity contribution in [2.24, 2.45) is 0 Å². The van der Waals surface area contributed by atoms with E-state index in [4.69, 9.17) is 4.74 Å². The lowest BCUT2D eigenvalue weighted by Gasteiger charge is -2.16. The number of aromatic amines is 1. The van der Waals surface area contributed by atoms with Gasteiger partial charge in [0.15, 0.2) is 0 Å². The first-order chi connectivity index (χ1) is 13.7. The molecule has 1 aromatic heterocycles. The first-order valence-electron chi connectivity index (χ1n) is 9.70. The van der Waals surface area contributed by atoms with Crippen molar-refractivity contribution in [3.05, 3.63) is 59.4 Å². The molecule has 3 aromatic rings. The maximum absolute atomic E-state index is 12.6. The number of fused-ring (bicyclic) bond motifs is 2. The number of H-pyrrole nitrogens is 1. The van der Waals surface area contributed by atoms with E-state index in [-0.39, 0.29) is 11.9 Å². The van der Waals surface area contributed by atoms with Gasteiger partial charge in [0.05, 0.1) is 23.7 Å². The molecule has 28 heavy (non-hydrogen) atoms. The molecule has 2 heterocycles. The number of aryl methyl sites for hydroxylation is 1. The van der Waals surface area contributed by atoms with Crippen LogP contribution < -0.4 is 10.1 Å². The second-order valence-electron chi connectivity index (χ2n) is 7.08. The van der Waals surface area contributed by atoms with E-state index in [0.29, 0.717) is 6.42 Å². The van der Waals surface area contributed by atoms with Crippen molar-refractivity contribution in [1.29, 1.82) is 0 Å². The van der Waals surface area contributed by atoms with Gasteiger partial charge in [-0.25, -0.2) is 4.98 Å². The molecule has 0 unspecified atom stereocenters. The van der Waals surface area contributed by atoms with Crippen LogP contribution in [0, 0.1) is 0 Å². The van der Waals surface area contributed by atoms with Crippen LogP contribution in [-0.4, -0.2) is 34.5 Å². The maximum Gasteiger partial charge on any atom is 0.220 e. The average Bonchev–Trinajstić information content (AvgIpc) is 3.35. The minimum atomic E-state index is -0.0965. The number of hydrogen-bond donors (Lipinski definition) is 2. The maximum atomic E-state index is 12.6. The highest BCUT2D eigenvalue weighted by molar-refractivity contribution is 7.98. The Balaban J connectivity index is 1.40. The van der Waals surface area contributed by atoms with Gasteiger partial charge < -0.3 is 15.0 Å². The van der Waals surface area contributed by atoms with Gasteiger partial charge in [0, 0.05) is 12.8 Å². The van der Waals surface area contributed by atoms with Crippen LogP contribution in [0.1, 0.15) is 35.8 Å². The van der Waals surface area contributed by atoms with Crippen molar-refractivity contribution < 1.29 is 9.53 Å². The van der Waals surface area contributed by atoms with Crippen molar-refractivity contribution in [1.82, 2.24) is 15.3 Å². The lowest BCUT2D eigenvalue weighted by atomic mass is 10.0. The first-order valence-corrected chi connectivity index (χ1v) is 11.1. The van der Waals surface area contributed by atoms with E-state index in [9.17, 15) is 4.79 Å². The third kappa shape index (κ3) is 4.33. The largest absolute Gasteiger partial charge is 0.493 e. The van der Waals surface area contributed by atoms with Gasteiger partial charge in [-0.1, -0.05) is 24.3 Å². The monoisotopic (exact) mass is 395 g/mol. The van der Waals surface area contributed by atoms with E-state index in [0.717, 1.165) is 54.2 Å². The normalized spacial score (nSPS) is 13.9. The number of benzene rings is 2. The third-order valence-corrected chi connectivity index (χ3v) is 5.72. The number of amides is 1. The third-order valence-electron chi connectivity index (χ3n) is 5.08. The second-order valence-corrected chi connectivity index (χ2v) is 8.07. The summed E-state index contributed by atoms with van der Waals surface area (Å²) in [5.74, 6) is 2.84. The molecule has 0 fully saturated rings. The number of rotatable bonds is 8. The fourth-order valence-corrected chi connectivity index (χ4v) is 4.04. The molecule has 0 aliphatic carbocycles. The lowest BCUT2D eigenvalue weighted by Crippen LogP contribution is -2.30. The summed E-state index contributed by atoms with van der Waals surface area (Å²) in [5.41, 5.74) is 4.37. The molecule has 4 rings (SSSR count). The number of hydrogen-bond acceptors (Lipinski definition) is 4. The second kappa shape index (κ2) is 8.69. The van der Waals surface area contributed by atoms with Gasteiger partial charge in [0.1, 0.15) is 11.6 Å². The summed E-state index contributed by atoms with van der Waals surface area (Å²) >= 11 is 1.78. The minimum absolute atomic E-state index is 0.0586. The Hall–Kier alpha value is -2.47. The van der Waals surface area contributed by atoms with E-state index < -0.39 is 0 Å².